The van der Waals surface area contributed by atoms with Crippen LogP contribution in [-0.2, 0) is 13.2 Å². The Balaban J connectivity index is 1.40. The zero-order chi connectivity index (χ0) is 18.7. The molecule has 0 aliphatic heterocycles. The van der Waals surface area contributed by atoms with E-state index >= 15 is 0 Å². The summed E-state index contributed by atoms with van der Waals surface area (Å²) < 4.78 is 11.6. The van der Waals surface area contributed by atoms with Crippen molar-refractivity contribution in [2.75, 3.05) is 13.2 Å². The van der Waals surface area contributed by atoms with E-state index in [1.807, 2.05) is 36.4 Å². The van der Waals surface area contributed by atoms with E-state index in [1.165, 1.54) is 11.1 Å². The summed E-state index contributed by atoms with van der Waals surface area (Å²) >= 11 is 0. The number of hydrogen-bond donors (Lipinski definition) is 1. The van der Waals surface area contributed by atoms with E-state index in [9.17, 15) is 0 Å². The van der Waals surface area contributed by atoms with Crippen molar-refractivity contribution in [3.63, 3.8) is 0 Å². The number of hydrogen-bond acceptors (Lipinski definition) is 4. The number of aromatic nitrogens is 1. The first kappa shape index (κ1) is 18.9. The maximum atomic E-state index is 6.03. The Hall–Kier alpha value is -2.85. The average molecular weight is 362 g/mol. The van der Waals surface area contributed by atoms with Gasteiger partial charge in [0.1, 0.15) is 12.4 Å². The van der Waals surface area contributed by atoms with E-state index in [1.54, 1.807) is 6.20 Å². The zero-order valence-electron chi connectivity index (χ0n) is 15.7. The topological polar surface area (TPSA) is 43.4 Å². The van der Waals surface area contributed by atoms with Crippen LogP contribution in [0.1, 0.15) is 23.1 Å². The van der Waals surface area contributed by atoms with Crippen molar-refractivity contribution in [1.29, 1.82) is 0 Å². The van der Waals surface area contributed by atoms with Crippen molar-refractivity contribution < 1.29 is 9.47 Å². The van der Waals surface area contributed by atoms with Crippen LogP contribution >= 0.6 is 0 Å². The van der Waals surface area contributed by atoms with Gasteiger partial charge in [0.25, 0.3) is 0 Å². The predicted octanol–water partition coefficient (Wildman–Crippen LogP) is 4.53. The van der Waals surface area contributed by atoms with Gasteiger partial charge in [-0.3, -0.25) is 0 Å². The molecule has 4 nitrogen and oxygen atoms in total. The van der Waals surface area contributed by atoms with Crippen molar-refractivity contribution in [2.45, 2.75) is 26.5 Å². The fourth-order valence-corrected chi connectivity index (χ4v) is 2.67. The van der Waals surface area contributed by atoms with Crippen molar-refractivity contribution in [3.8, 4) is 11.6 Å². The van der Waals surface area contributed by atoms with Gasteiger partial charge < -0.3 is 14.8 Å². The lowest BCUT2D eigenvalue weighted by atomic mass is 10.1. The van der Waals surface area contributed by atoms with Gasteiger partial charge in [-0.15, -0.1) is 0 Å². The molecular weight excluding hydrogens is 336 g/mol. The Morgan fingerprint density at radius 3 is 2.52 bits per heavy atom. The second-order valence-corrected chi connectivity index (χ2v) is 6.43. The lowest BCUT2D eigenvalue weighted by molar-refractivity contribution is 0.294. The van der Waals surface area contributed by atoms with Gasteiger partial charge >= 0.3 is 0 Å². The Labute approximate surface area is 161 Å². The average Bonchev–Trinajstić information content (AvgIpc) is 2.72. The molecule has 0 fully saturated rings. The molecule has 0 aliphatic rings. The van der Waals surface area contributed by atoms with Gasteiger partial charge in [-0.1, -0.05) is 54.1 Å². The normalized spacial score (nSPS) is 10.6. The Kier molecular flexibility index (Phi) is 7.25. The summed E-state index contributed by atoms with van der Waals surface area (Å²) in [7, 11) is 0. The van der Waals surface area contributed by atoms with Gasteiger partial charge in [-0.05, 0) is 37.6 Å². The van der Waals surface area contributed by atoms with Crippen LogP contribution in [0.4, 0.5) is 0 Å². The molecule has 0 spiro atoms. The predicted molar refractivity (Wildman–Crippen MR) is 108 cm³/mol. The SMILES string of the molecule is Cc1ccc(COc2ccccc2CNCCCOc2ccccn2)cc1. The van der Waals surface area contributed by atoms with Crippen LogP contribution in [0.25, 0.3) is 0 Å². The third-order valence-electron chi connectivity index (χ3n) is 4.19. The second-order valence-electron chi connectivity index (χ2n) is 6.43. The molecule has 0 amide bonds. The van der Waals surface area contributed by atoms with Crippen molar-refractivity contribution >= 4 is 0 Å². The molecule has 1 aromatic heterocycles. The molecule has 1 heterocycles. The van der Waals surface area contributed by atoms with Crippen molar-refractivity contribution in [2.24, 2.45) is 0 Å². The van der Waals surface area contributed by atoms with Crippen LogP contribution in [0.5, 0.6) is 11.6 Å². The molecule has 27 heavy (non-hydrogen) atoms. The summed E-state index contributed by atoms with van der Waals surface area (Å²) in [5.74, 6) is 1.60. The molecule has 0 unspecified atom stereocenters. The van der Waals surface area contributed by atoms with Gasteiger partial charge in [0.05, 0.1) is 6.61 Å². The molecule has 0 bridgehead atoms. The fourth-order valence-electron chi connectivity index (χ4n) is 2.67. The Morgan fingerprint density at radius 2 is 1.70 bits per heavy atom. The summed E-state index contributed by atoms with van der Waals surface area (Å²) in [5.41, 5.74) is 3.60. The van der Waals surface area contributed by atoms with E-state index in [2.05, 4.69) is 47.6 Å². The molecule has 0 saturated carbocycles. The zero-order valence-corrected chi connectivity index (χ0v) is 15.7. The highest BCUT2D eigenvalue weighted by molar-refractivity contribution is 5.33. The number of para-hydroxylation sites is 1. The van der Waals surface area contributed by atoms with E-state index in [0.29, 0.717) is 19.1 Å². The van der Waals surface area contributed by atoms with E-state index in [-0.39, 0.29) is 0 Å². The summed E-state index contributed by atoms with van der Waals surface area (Å²) in [4.78, 5) is 4.15. The minimum absolute atomic E-state index is 0.579. The highest BCUT2D eigenvalue weighted by Crippen LogP contribution is 2.19. The van der Waals surface area contributed by atoms with Crippen LogP contribution in [0.15, 0.2) is 72.9 Å². The van der Waals surface area contributed by atoms with E-state index in [0.717, 1.165) is 30.8 Å². The molecule has 0 aliphatic carbocycles. The molecule has 0 saturated heterocycles. The van der Waals surface area contributed by atoms with Gasteiger partial charge in [0.15, 0.2) is 0 Å². The maximum Gasteiger partial charge on any atom is 0.213 e. The number of rotatable bonds is 10. The fraction of sp³-hybridized carbons (Fsp3) is 0.261. The van der Waals surface area contributed by atoms with Crippen LogP contribution in [0, 0.1) is 6.92 Å². The first-order valence-corrected chi connectivity index (χ1v) is 9.32. The number of aryl methyl sites for hydroxylation is 1. The van der Waals surface area contributed by atoms with E-state index in [4.69, 9.17) is 9.47 Å². The van der Waals surface area contributed by atoms with E-state index < -0.39 is 0 Å². The molecule has 0 radical (unpaired) electrons. The van der Waals surface area contributed by atoms with Gasteiger partial charge in [0, 0.05) is 24.4 Å². The van der Waals surface area contributed by atoms with Crippen LogP contribution in [-0.4, -0.2) is 18.1 Å². The first-order valence-electron chi connectivity index (χ1n) is 9.32. The van der Waals surface area contributed by atoms with Gasteiger partial charge in [0.2, 0.25) is 5.88 Å². The molecule has 2 aromatic carbocycles. The highest BCUT2D eigenvalue weighted by atomic mass is 16.5. The van der Waals surface area contributed by atoms with Crippen molar-refractivity contribution in [3.05, 3.63) is 89.6 Å². The smallest absolute Gasteiger partial charge is 0.213 e. The summed E-state index contributed by atoms with van der Waals surface area (Å²) in [5, 5.41) is 3.45. The largest absolute Gasteiger partial charge is 0.489 e. The van der Waals surface area contributed by atoms with Crippen LogP contribution < -0.4 is 14.8 Å². The highest BCUT2D eigenvalue weighted by Gasteiger charge is 2.03. The standard InChI is InChI=1S/C23H26N2O2/c1-19-10-12-20(13-11-19)18-27-22-8-3-2-7-21(22)17-24-14-6-16-26-23-9-4-5-15-25-23/h2-5,7-13,15,24H,6,14,16-18H2,1H3. The lowest BCUT2D eigenvalue weighted by Gasteiger charge is -2.12. The van der Waals surface area contributed by atoms with Gasteiger partial charge in [-0.25, -0.2) is 4.98 Å². The Bertz CT molecular complexity index is 804. The summed E-state index contributed by atoms with van der Waals surface area (Å²) in [6.45, 7) is 4.96. The maximum absolute atomic E-state index is 6.03. The van der Waals surface area contributed by atoms with Crippen molar-refractivity contribution in [1.82, 2.24) is 10.3 Å². The molecule has 0 atom stereocenters. The molecule has 140 valence electrons. The second kappa shape index (κ2) is 10.3. The monoisotopic (exact) mass is 362 g/mol. The molecule has 1 N–H and O–H groups in total. The van der Waals surface area contributed by atoms with Crippen LogP contribution in [0.2, 0.25) is 0 Å². The molecular formula is C23H26N2O2. The quantitative estimate of drug-likeness (QED) is 0.538. The first-order chi connectivity index (χ1) is 13.3. The number of nitrogens with zero attached hydrogens (tertiary/aromatic N) is 1. The third kappa shape index (κ3) is 6.42. The third-order valence-corrected chi connectivity index (χ3v) is 4.19. The minimum atomic E-state index is 0.579. The number of ether oxygens (including phenoxy) is 2. The minimum Gasteiger partial charge on any atom is -0.489 e. The molecule has 4 heteroatoms. The summed E-state index contributed by atoms with van der Waals surface area (Å²) in [6.07, 6.45) is 2.66. The summed E-state index contributed by atoms with van der Waals surface area (Å²) in [6, 6.07) is 22.3. The van der Waals surface area contributed by atoms with Gasteiger partial charge in [-0.2, -0.15) is 0 Å². The number of nitrogens with one attached hydrogen (secondary N) is 1. The Morgan fingerprint density at radius 1 is 0.889 bits per heavy atom. The molecule has 3 rings (SSSR count). The molecule has 3 aromatic rings. The number of benzene rings is 2. The lowest BCUT2D eigenvalue weighted by Crippen LogP contribution is -2.17. The van der Waals surface area contributed by atoms with Crippen LogP contribution in [0.3, 0.4) is 0 Å². The number of pyridine rings is 1.